The second kappa shape index (κ2) is 7.48. The third-order valence-corrected chi connectivity index (χ3v) is 3.62. The van der Waals surface area contributed by atoms with E-state index in [9.17, 15) is 13.2 Å². The zero-order valence-electron chi connectivity index (χ0n) is 11.8. The summed E-state index contributed by atoms with van der Waals surface area (Å²) >= 11 is 5.88. The van der Waals surface area contributed by atoms with Crippen LogP contribution in [-0.4, -0.2) is 40.8 Å². The van der Waals surface area contributed by atoms with E-state index in [2.05, 4.69) is 10.0 Å². The SMILES string of the molecule is COc1cc(N)c(Cl)cc1C(=O)NCCCNS(C)(=O)=O. The average Bonchev–Trinajstić information content (AvgIpc) is 2.39. The molecule has 9 heteroatoms. The molecular formula is C12H18ClN3O4S. The van der Waals surface area contributed by atoms with Gasteiger partial charge in [0.15, 0.2) is 0 Å². The van der Waals surface area contributed by atoms with Crippen molar-refractivity contribution in [2.45, 2.75) is 6.42 Å². The van der Waals surface area contributed by atoms with Crippen molar-refractivity contribution >= 4 is 33.2 Å². The smallest absolute Gasteiger partial charge is 0.255 e. The first-order chi connectivity index (χ1) is 9.74. The highest BCUT2D eigenvalue weighted by Crippen LogP contribution is 2.28. The van der Waals surface area contributed by atoms with Gasteiger partial charge in [-0.25, -0.2) is 13.1 Å². The van der Waals surface area contributed by atoms with Crippen LogP contribution < -0.4 is 20.5 Å². The number of nitrogens with two attached hydrogens (primary N) is 1. The lowest BCUT2D eigenvalue weighted by molar-refractivity contribution is 0.0950. The molecule has 0 saturated carbocycles. The summed E-state index contributed by atoms with van der Waals surface area (Å²) in [5.74, 6) is -0.0447. The molecule has 0 aliphatic carbocycles. The van der Waals surface area contributed by atoms with Gasteiger partial charge in [0.2, 0.25) is 10.0 Å². The molecule has 0 aliphatic heterocycles. The third-order valence-electron chi connectivity index (χ3n) is 2.57. The van der Waals surface area contributed by atoms with Crippen molar-refractivity contribution < 1.29 is 17.9 Å². The Balaban J connectivity index is 2.58. The normalized spacial score (nSPS) is 11.2. The van der Waals surface area contributed by atoms with Gasteiger partial charge in [0.25, 0.3) is 5.91 Å². The quantitative estimate of drug-likeness (QED) is 0.499. The summed E-state index contributed by atoms with van der Waals surface area (Å²) in [4.78, 5) is 12.0. The van der Waals surface area contributed by atoms with Crippen LogP contribution in [0.15, 0.2) is 12.1 Å². The maximum absolute atomic E-state index is 12.0. The van der Waals surface area contributed by atoms with Crippen molar-refractivity contribution in [2.24, 2.45) is 0 Å². The largest absolute Gasteiger partial charge is 0.496 e. The van der Waals surface area contributed by atoms with Crippen LogP contribution in [0.1, 0.15) is 16.8 Å². The first-order valence-electron chi connectivity index (χ1n) is 6.10. The molecule has 1 amide bonds. The van der Waals surface area contributed by atoms with Gasteiger partial charge >= 0.3 is 0 Å². The molecule has 0 unspecified atom stereocenters. The number of hydrogen-bond donors (Lipinski definition) is 3. The molecule has 1 aromatic rings. The van der Waals surface area contributed by atoms with Crippen molar-refractivity contribution in [3.8, 4) is 5.75 Å². The number of methoxy groups -OCH3 is 1. The first-order valence-corrected chi connectivity index (χ1v) is 8.37. The van der Waals surface area contributed by atoms with E-state index in [0.29, 0.717) is 24.4 Å². The number of ether oxygens (including phenoxy) is 1. The van der Waals surface area contributed by atoms with Crippen LogP contribution in [-0.2, 0) is 10.0 Å². The molecule has 0 radical (unpaired) electrons. The van der Waals surface area contributed by atoms with Gasteiger partial charge in [0, 0.05) is 19.2 Å². The lowest BCUT2D eigenvalue weighted by Crippen LogP contribution is -2.29. The minimum Gasteiger partial charge on any atom is -0.496 e. The summed E-state index contributed by atoms with van der Waals surface area (Å²) in [6.07, 6.45) is 1.54. The average molecular weight is 336 g/mol. The lowest BCUT2D eigenvalue weighted by Gasteiger charge is -2.11. The molecule has 0 aliphatic rings. The number of nitrogens with one attached hydrogen (secondary N) is 2. The summed E-state index contributed by atoms with van der Waals surface area (Å²) in [6.45, 7) is 0.561. The van der Waals surface area contributed by atoms with Gasteiger partial charge in [-0.05, 0) is 12.5 Å². The lowest BCUT2D eigenvalue weighted by atomic mass is 10.1. The molecule has 0 saturated heterocycles. The van der Waals surface area contributed by atoms with E-state index in [0.717, 1.165) is 6.26 Å². The molecule has 1 rings (SSSR count). The summed E-state index contributed by atoms with van der Waals surface area (Å²) in [5.41, 5.74) is 6.23. The van der Waals surface area contributed by atoms with Gasteiger partial charge in [-0.2, -0.15) is 0 Å². The highest BCUT2D eigenvalue weighted by Gasteiger charge is 2.14. The Labute approximate surface area is 128 Å². The Morgan fingerprint density at radius 2 is 2.05 bits per heavy atom. The summed E-state index contributed by atoms with van der Waals surface area (Å²) in [6, 6.07) is 2.91. The minimum atomic E-state index is -3.21. The van der Waals surface area contributed by atoms with Gasteiger partial charge in [-0.3, -0.25) is 4.79 Å². The second-order valence-corrected chi connectivity index (χ2v) is 6.59. The van der Waals surface area contributed by atoms with E-state index in [1.807, 2.05) is 0 Å². The fourth-order valence-electron chi connectivity index (χ4n) is 1.56. The van der Waals surface area contributed by atoms with Crippen molar-refractivity contribution in [1.29, 1.82) is 0 Å². The van der Waals surface area contributed by atoms with Crippen LogP contribution in [0.25, 0.3) is 0 Å². The summed E-state index contributed by atoms with van der Waals surface area (Å²) < 4.78 is 29.1. The van der Waals surface area contributed by atoms with Crippen LogP contribution in [0.4, 0.5) is 5.69 Å². The van der Waals surface area contributed by atoms with E-state index in [1.54, 1.807) is 0 Å². The zero-order chi connectivity index (χ0) is 16.0. The number of carbonyl (C=O) groups is 1. The van der Waals surface area contributed by atoms with E-state index in [1.165, 1.54) is 19.2 Å². The highest BCUT2D eigenvalue weighted by molar-refractivity contribution is 7.88. The van der Waals surface area contributed by atoms with Gasteiger partial charge in [-0.15, -0.1) is 0 Å². The topological polar surface area (TPSA) is 111 Å². The number of halogens is 1. The van der Waals surface area contributed by atoms with Gasteiger partial charge < -0.3 is 15.8 Å². The number of nitrogen functional groups attached to an aromatic ring is 1. The monoisotopic (exact) mass is 335 g/mol. The Morgan fingerprint density at radius 1 is 1.38 bits per heavy atom. The minimum absolute atomic E-state index is 0.249. The molecule has 0 atom stereocenters. The van der Waals surface area contributed by atoms with Crippen molar-refractivity contribution in [3.63, 3.8) is 0 Å². The van der Waals surface area contributed by atoms with Crippen LogP contribution in [0.3, 0.4) is 0 Å². The Bertz CT molecular complexity index is 619. The van der Waals surface area contributed by atoms with Crippen molar-refractivity contribution in [2.75, 3.05) is 32.2 Å². The van der Waals surface area contributed by atoms with Gasteiger partial charge in [0.1, 0.15) is 5.75 Å². The van der Waals surface area contributed by atoms with E-state index >= 15 is 0 Å². The predicted octanol–water partition coefficient (Wildman–Crippen LogP) is 0.600. The van der Waals surface area contributed by atoms with Gasteiger partial charge in [-0.1, -0.05) is 11.6 Å². The molecule has 0 heterocycles. The number of amides is 1. The fourth-order valence-corrected chi connectivity index (χ4v) is 2.24. The Hall–Kier alpha value is -1.51. The second-order valence-electron chi connectivity index (χ2n) is 4.35. The van der Waals surface area contributed by atoms with E-state index in [-0.39, 0.29) is 23.0 Å². The van der Waals surface area contributed by atoms with Crippen LogP contribution >= 0.6 is 11.6 Å². The number of rotatable bonds is 7. The van der Waals surface area contributed by atoms with Crippen LogP contribution in [0.2, 0.25) is 5.02 Å². The zero-order valence-corrected chi connectivity index (χ0v) is 13.3. The van der Waals surface area contributed by atoms with E-state index < -0.39 is 10.0 Å². The third kappa shape index (κ3) is 5.78. The maximum Gasteiger partial charge on any atom is 0.255 e. The molecule has 1 aromatic carbocycles. The van der Waals surface area contributed by atoms with E-state index in [4.69, 9.17) is 22.1 Å². The maximum atomic E-state index is 12.0. The molecule has 7 nitrogen and oxygen atoms in total. The molecule has 0 aromatic heterocycles. The molecule has 21 heavy (non-hydrogen) atoms. The standard InChI is InChI=1S/C12H18ClN3O4S/c1-20-11-7-10(14)9(13)6-8(11)12(17)15-4-3-5-16-21(2,18)19/h6-7,16H,3-5,14H2,1-2H3,(H,15,17). The number of sulfonamides is 1. The molecule has 0 spiro atoms. The van der Waals surface area contributed by atoms with Gasteiger partial charge in [0.05, 0.1) is 29.6 Å². The molecule has 0 fully saturated rings. The first kappa shape index (κ1) is 17.5. The Morgan fingerprint density at radius 3 is 2.62 bits per heavy atom. The number of anilines is 1. The molecule has 118 valence electrons. The molecule has 4 N–H and O–H groups in total. The highest BCUT2D eigenvalue weighted by atomic mass is 35.5. The number of carbonyl (C=O) groups excluding carboxylic acids is 1. The van der Waals surface area contributed by atoms with Crippen molar-refractivity contribution in [1.82, 2.24) is 10.0 Å². The van der Waals surface area contributed by atoms with Crippen LogP contribution in [0.5, 0.6) is 5.75 Å². The predicted molar refractivity (Wildman–Crippen MR) is 82.2 cm³/mol. The summed E-state index contributed by atoms with van der Waals surface area (Å²) in [7, 11) is -1.79. The van der Waals surface area contributed by atoms with Crippen LogP contribution in [0, 0.1) is 0 Å². The molecular weight excluding hydrogens is 318 g/mol. The number of hydrogen-bond acceptors (Lipinski definition) is 5. The fraction of sp³-hybridized carbons (Fsp3) is 0.417. The summed E-state index contributed by atoms with van der Waals surface area (Å²) in [5, 5.41) is 2.92. The Kier molecular flexibility index (Phi) is 6.25. The van der Waals surface area contributed by atoms with Crippen molar-refractivity contribution in [3.05, 3.63) is 22.7 Å². The number of benzene rings is 1. The molecule has 0 bridgehead atoms.